The Kier molecular flexibility index (Phi) is 15.6. The topological polar surface area (TPSA) is 124 Å². The maximum Gasteiger partial charge on any atom is 0.256 e. The van der Waals surface area contributed by atoms with Gasteiger partial charge in [0, 0.05) is 42.1 Å². The Balaban J connectivity index is 0.00000116. The SMILES string of the molecule is CC/C=C(N)/N=C\C=C(/C)c1cnc(NCc2cccc(C(=O)Nc3ccc(OCC(C)CCC)cn3)c2)c2c1OCC2.CCC(C)C. The minimum absolute atomic E-state index is 0.228. The molecule has 4 N–H and O–H groups in total. The number of amides is 1. The van der Waals surface area contributed by atoms with Gasteiger partial charge in [-0.2, -0.15) is 0 Å². The van der Waals surface area contributed by atoms with E-state index in [1.165, 1.54) is 6.42 Å². The van der Waals surface area contributed by atoms with E-state index >= 15 is 0 Å². The van der Waals surface area contributed by atoms with E-state index in [-0.39, 0.29) is 5.91 Å². The number of nitrogens with one attached hydrogen (secondary N) is 2. The summed E-state index contributed by atoms with van der Waals surface area (Å²) in [5.41, 5.74) is 10.3. The van der Waals surface area contributed by atoms with Gasteiger partial charge >= 0.3 is 0 Å². The van der Waals surface area contributed by atoms with Gasteiger partial charge in [0.2, 0.25) is 0 Å². The van der Waals surface area contributed by atoms with E-state index in [4.69, 9.17) is 20.2 Å². The van der Waals surface area contributed by atoms with Gasteiger partial charge in [-0.3, -0.25) is 4.79 Å². The number of hydrogen-bond acceptors (Lipinski definition) is 8. The van der Waals surface area contributed by atoms with E-state index in [1.54, 1.807) is 24.5 Å². The summed E-state index contributed by atoms with van der Waals surface area (Å²) in [4.78, 5) is 26.2. The molecule has 1 aliphatic heterocycles. The summed E-state index contributed by atoms with van der Waals surface area (Å²) in [6.07, 6.45) is 14.1. The maximum atomic E-state index is 13.0. The Morgan fingerprint density at radius 1 is 1.12 bits per heavy atom. The van der Waals surface area contributed by atoms with Crippen LogP contribution >= 0.6 is 0 Å². The fraction of sp³-hybridized carbons (Fsp3) is 0.436. The number of pyridine rings is 2. The number of ether oxygens (including phenoxy) is 2. The highest BCUT2D eigenvalue weighted by Crippen LogP contribution is 2.37. The van der Waals surface area contributed by atoms with E-state index in [9.17, 15) is 4.79 Å². The van der Waals surface area contributed by atoms with Crippen molar-refractivity contribution >= 4 is 29.3 Å². The van der Waals surface area contributed by atoms with Gasteiger partial charge in [-0.05, 0) is 79.2 Å². The molecule has 9 nitrogen and oxygen atoms in total. The van der Waals surface area contributed by atoms with Crippen molar-refractivity contribution in [1.82, 2.24) is 9.97 Å². The molecule has 1 aliphatic rings. The smallest absolute Gasteiger partial charge is 0.256 e. The minimum atomic E-state index is -0.228. The standard InChI is InChI=1S/C34H42N6O3.C5H12/c1-5-8-23(3)22-43-27-12-13-31(37-20-27)40-34(41)26-11-7-10-25(18-26)19-38-33-28-15-17-42-32(28)29(21-39-33)24(4)14-16-36-30(35)9-6-2;1-4-5(2)3/h7,9-14,16,18,20-21,23H,5-6,8,15,17,19,22,35H2,1-4H3,(H,38,39)(H,37,40,41);5H,4H2,1-3H3/b24-14+,30-9+,36-16-;. The lowest BCUT2D eigenvalue weighted by Gasteiger charge is -2.13. The lowest BCUT2D eigenvalue weighted by molar-refractivity contribution is 0.102. The van der Waals surface area contributed by atoms with Gasteiger partial charge in [0.1, 0.15) is 29.0 Å². The monoisotopic (exact) mass is 654 g/mol. The molecule has 48 heavy (non-hydrogen) atoms. The van der Waals surface area contributed by atoms with Crippen LogP contribution in [0.4, 0.5) is 11.6 Å². The summed E-state index contributed by atoms with van der Waals surface area (Å²) >= 11 is 0. The fourth-order valence-electron chi connectivity index (χ4n) is 4.76. The summed E-state index contributed by atoms with van der Waals surface area (Å²) in [6.45, 7) is 16.8. The third-order valence-corrected chi connectivity index (χ3v) is 7.87. The quantitative estimate of drug-likeness (QED) is 0.140. The predicted octanol–water partition coefficient (Wildman–Crippen LogP) is 8.83. The van der Waals surface area contributed by atoms with Gasteiger partial charge in [-0.15, -0.1) is 0 Å². The Labute approximate surface area is 287 Å². The molecular weight excluding hydrogens is 600 g/mol. The summed E-state index contributed by atoms with van der Waals surface area (Å²) in [5, 5.41) is 6.30. The van der Waals surface area contributed by atoms with Crippen molar-refractivity contribution in [1.29, 1.82) is 0 Å². The first-order chi connectivity index (χ1) is 23.1. The van der Waals surface area contributed by atoms with Crippen molar-refractivity contribution in [2.45, 2.75) is 87.1 Å². The number of anilines is 2. The molecule has 3 heterocycles. The molecule has 0 fully saturated rings. The van der Waals surface area contributed by atoms with Crippen LogP contribution in [-0.2, 0) is 13.0 Å². The van der Waals surface area contributed by atoms with Crippen LogP contribution in [0.25, 0.3) is 5.57 Å². The molecule has 0 saturated carbocycles. The van der Waals surface area contributed by atoms with Crippen LogP contribution < -0.4 is 25.8 Å². The van der Waals surface area contributed by atoms with E-state index in [2.05, 4.69) is 55.2 Å². The van der Waals surface area contributed by atoms with E-state index < -0.39 is 0 Å². The molecule has 2 aromatic heterocycles. The number of aliphatic imine (C=N–C) groups is 1. The molecule has 0 aliphatic carbocycles. The third-order valence-electron chi connectivity index (χ3n) is 7.87. The van der Waals surface area contributed by atoms with Crippen molar-refractivity contribution < 1.29 is 14.3 Å². The molecule has 9 heteroatoms. The Bertz CT molecular complexity index is 1550. The van der Waals surface area contributed by atoms with Crippen LogP contribution in [0, 0.1) is 11.8 Å². The first-order valence-electron chi connectivity index (χ1n) is 17.2. The molecule has 0 radical (unpaired) electrons. The maximum absolute atomic E-state index is 13.0. The molecule has 1 atom stereocenters. The number of carbonyl (C=O) groups is 1. The minimum Gasteiger partial charge on any atom is -0.492 e. The van der Waals surface area contributed by atoms with Gasteiger partial charge in [-0.25, -0.2) is 15.0 Å². The number of allylic oxidation sites excluding steroid dienone is 3. The lowest BCUT2D eigenvalue weighted by Crippen LogP contribution is -2.14. The number of aromatic nitrogens is 2. The number of benzene rings is 1. The molecule has 4 rings (SSSR count). The van der Waals surface area contributed by atoms with Crippen molar-refractivity contribution in [2.75, 3.05) is 23.8 Å². The van der Waals surface area contributed by atoms with Crippen molar-refractivity contribution in [3.05, 3.63) is 89.0 Å². The van der Waals surface area contributed by atoms with Crippen molar-refractivity contribution in [3.8, 4) is 11.5 Å². The van der Waals surface area contributed by atoms with Crippen LogP contribution in [0.5, 0.6) is 11.5 Å². The number of carbonyl (C=O) groups excluding carboxylic acids is 1. The van der Waals surface area contributed by atoms with Crippen LogP contribution in [0.15, 0.2) is 71.8 Å². The average Bonchev–Trinajstić information content (AvgIpc) is 3.58. The fourth-order valence-corrected chi connectivity index (χ4v) is 4.76. The Morgan fingerprint density at radius 2 is 1.92 bits per heavy atom. The molecule has 0 bridgehead atoms. The lowest BCUT2D eigenvalue weighted by atomic mass is 10.0. The van der Waals surface area contributed by atoms with Gasteiger partial charge in [0.05, 0.1) is 19.4 Å². The molecule has 1 aromatic carbocycles. The van der Waals surface area contributed by atoms with E-state index in [0.29, 0.717) is 48.6 Å². The zero-order valence-corrected chi connectivity index (χ0v) is 29.8. The number of rotatable bonds is 15. The predicted molar refractivity (Wildman–Crippen MR) is 199 cm³/mol. The van der Waals surface area contributed by atoms with Gasteiger partial charge in [0.25, 0.3) is 5.91 Å². The molecule has 0 saturated heterocycles. The number of nitrogens with two attached hydrogens (primary N) is 1. The van der Waals surface area contributed by atoms with Gasteiger partial charge < -0.3 is 25.8 Å². The van der Waals surface area contributed by atoms with E-state index in [0.717, 1.165) is 65.4 Å². The van der Waals surface area contributed by atoms with Crippen LogP contribution in [-0.4, -0.2) is 35.3 Å². The first-order valence-corrected chi connectivity index (χ1v) is 17.2. The average molecular weight is 655 g/mol. The Morgan fingerprint density at radius 3 is 2.60 bits per heavy atom. The van der Waals surface area contributed by atoms with Crippen molar-refractivity contribution in [2.24, 2.45) is 22.6 Å². The third kappa shape index (κ3) is 12.2. The Hall–Kier alpha value is -4.66. The van der Waals surface area contributed by atoms with Crippen LogP contribution in [0.2, 0.25) is 0 Å². The number of fused-ring (bicyclic) bond motifs is 1. The normalized spacial score (nSPS) is 13.4. The molecule has 1 unspecified atom stereocenters. The zero-order valence-electron chi connectivity index (χ0n) is 29.8. The second-order valence-corrected chi connectivity index (χ2v) is 12.5. The van der Waals surface area contributed by atoms with Gasteiger partial charge in [0.15, 0.2) is 0 Å². The second kappa shape index (κ2) is 19.9. The van der Waals surface area contributed by atoms with Gasteiger partial charge in [-0.1, -0.05) is 66.5 Å². The van der Waals surface area contributed by atoms with Crippen LogP contribution in [0.1, 0.15) is 101 Å². The highest BCUT2D eigenvalue weighted by Gasteiger charge is 2.22. The summed E-state index contributed by atoms with van der Waals surface area (Å²) in [6, 6.07) is 11.1. The van der Waals surface area contributed by atoms with Crippen molar-refractivity contribution in [3.63, 3.8) is 0 Å². The largest absolute Gasteiger partial charge is 0.492 e. The number of nitrogens with zero attached hydrogens (tertiary/aromatic N) is 3. The second-order valence-electron chi connectivity index (χ2n) is 12.5. The van der Waals surface area contributed by atoms with Crippen LogP contribution in [0.3, 0.4) is 0 Å². The summed E-state index contributed by atoms with van der Waals surface area (Å²) in [5.74, 6) is 4.42. The number of hydrogen-bond donors (Lipinski definition) is 3. The molecule has 258 valence electrons. The molecule has 0 spiro atoms. The highest BCUT2D eigenvalue weighted by atomic mass is 16.5. The molecule has 3 aromatic rings. The molecular formula is C39H54N6O3. The zero-order chi connectivity index (χ0) is 34.9. The van der Waals surface area contributed by atoms with E-state index in [1.807, 2.05) is 56.5 Å². The summed E-state index contributed by atoms with van der Waals surface area (Å²) < 4.78 is 11.8. The molecule has 1 amide bonds. The summed E-state index contributed by atoms with van der Waals surface area (Å²) in [7, 11) is 0. The first kappa shape index (κ1) is 37.8. The highest BCUT2D eigenvalue weighted by molar-refractivity contribution is 6.03.